The predicted molar refractivity (Wildman–Crippen MR) is 78.8 cm³/mol. The Morgan fingerprint density at radius 2 is 2.25 bits per heavy atom. The maximum absolute atomic E-state index is 5.91. The van der Waals surface area contributed by atoms with E-state index in [1.54, 1.807) is 6.26 Å². The summed E-state index contributed by atoms with van der Waals surface area (Å²) in [4.78, 5) is 4.26. The summed E-state index contributed by atoms with van der Waals surface area (Å²) in [5.74, 6) is 0.612. The van der Waals surface area contributed by atoms with Gasteiger partial charge in [-0.05, 0) is 30.2 Å². The maximum Gasteiger partial charge on any atom is 0.394 e. The molecule has 108 valence electrons. The quantitative estimate of drug-likeness (QED) is 0.847. The van der Waals surface area contributed by atoms with Gasteiger partial charge in [-0.15, -0.1) is 0 Å². The lowest BCUT2D eigenvalue weighted by Gasteiger charge is -2.04. The van der Waals surface area contributed by atoms with E-state index in [-0.39, 0.29) is 6.08 Å². The first kappa shape index (κ1) is 14.9. The molecule has 4 nitrogen and oxygen atoms in total. The molecule has 0 spiro atoms. The van der Waals surface area contributed by atoms with Gasteiger partial charge in [0.2, 0.25) is 0 Å². The molecule has 0 aliphatic rings. The second kappa shape index (κ2) is 7.31. The molecule has 0 aliphatic carbocycles. The Hall–Kier alpha value is -1.52. The fourth-order valence-electron chi connectivity index (χ4n) is 1.70. The molecule has 0 unspecified atom stereocenters. The van der Waals surface area contributed by atoms with Crippen LogP contribution in [0.25, 0.3) is 0 Å². The molecular formula is C15H19ClN2O2. The summed E-state index contributed by atoms with van der Waals surface area (Å²) < 4.78 is 10.8. The number of oxazole rings is 1. The van der Waals surface area contributed by atoms with Gasteiger partial charge in [0.1, 0.15) is 12.9 Å². The first-order valence-corrected chi connectivity index (χ1v) is 7.03. The Morgan fingerprint density at radius 3 is 3.00 bits per heavy atom. The highest BCUT2D eigenvalue weighted by atomic mass is 35.5. The van der Waals surface area contributed by atoms with E-state index in [2.05, 4.69) is 24.1 Å². The van der Waals surface area contributed by atoms with Gasteiger partial charge < -0.3 is 14.5 Å². The summed E-state index contributed by atoms with van der Waals surface area (Å²) in [6.07, 6.45) is 1.90. The SMILES string of the molecule is CC(C)CNCc1coc(OCc2cccc(Cl)c2)n1. The van der Waals surface area contributed by atoms with Crippen molar-refractivity contribution in [2.24, 2.45) is 5.92 Å². The summed E-state index contributed by atoms with van der Waals surface area (Å²) in [7, 11) is 0. The third kappa shape index (κ3) is 4.87. The van der Waals surface area contributed by atoms with Crippen LogP contribution < -0.4 is 10.1 Å². The van der Waals surface area contributed by atoms with Crippen molar-refractivity contribution in [2.75, 3.05) is 6.54 Å². The normalized spacial score (nSPS) is 11.0. The number of ether oxygens (including phenoxy) is 1. The van der Waals surface area contributed by atoms with Crippen molar-refractivity contribution in [2.45, 2.75) is 27.0 Å². The molecule has 0 saturated carbocycles. The minimum Gasteiger partial charge on any atom is -0.445 e. The molecular weight excluding hydrogens is 276 g/mol. The van der Waals surface area contributed by atoms with Gasteiger partial charge in [0, 0.05) is 11.6 Å². The lowest BCUT2D eigenvalue weighted by atomic mass is 10.2. The first-order valence-electron chi connectivity index (χ1n) is 6.66. The molecule has 1 aromatic carbocycles. The van der Waals surface area contributed by atoms with Crippen LogP contribution in [0, 0.1) is 5.92 Å². The van der Waals surface area contributed by atoms with Crippen LogP contribution in [0.3, 0.4) is 0 Å². The van der Waals surface area contributed by atoms with E-state index in [9.17, 15) is 0 Å². The fourth-order valence-corrected chi connectivity index (χ4v) is 1.91. The number of aromatic nitrogens is 1. The number of hydrogen-bond acceptors (Lipinski definition) is 4. The van der Waals surface area contributed by atoms with Gasteiger partial charge in [0.15, 0.2) is 0 Å². The predicted octanol–water partition coefficient (Wildman–Crippen LogP) is 3.65. The van der Waals surface area contributed by atoms with Crippen molar-refractivity contribution in [1.82, 2.24) is 10.3 Å². The topological polar surface area (TPSA) is 47.3 Å². The summed E-state index contributed by atoms with van der Waals surface area (Å²) in [6, 6.07) is 7.52. The molecule has 0 bridgehead atoms. The number of hydrogen-bond donors (Lipinski definition) is 1. The van der Waals surface area contributed by atoms with Crippen molar-refractivity contribution < 1.29 is 9.15 Å². The second-order valence-electron chi connectivity index (χ2n) is 5.05. The highest BCUT2D eigenvalue weighted by Gasteiger charge is 2.05. The van der Waals surface area contributed by atoms with E-state index in [4.69, 9.17) is 20.8 Å². The maximum atomic E-state index is 5.91. The van der Waals surface area contributed by atoms with Crippen LogP contribution >= 0.6 is 11.6 Å². The molecule has 1 heterocycles. The molecule has 20 heavy (non-hydrogen) atoms. The molecule has 1 aromatic heterocycles. The summed E-state index contributed by atoms with van der Waals surface area (Å²) in [6.45, 7) is 6.35. The van der Waals surface area contributed by atoms with Gasteiger partial charge in [-0.1, -0.05) is 37.6 Å². The summed E-state index contributed by atoms with van der Waals surface area (Å²) >= 11 is 5.91. The second-order valence-corrected chi connectivity index (χ2v) is 5.48. The van der Waals surface area contributed by atoms with Gasteiger partial charge >= 0.3 is 6.08 Å². The van der Waals surface area contributed by atoms with Crippen molar-refractivity contribution in [3.63, 3.8) is 0 Å². The third-order valence-corrected chi connectivity index (χ3v) is 2.88. The van der Waals surface area contributed by atoms with Gasteiger partial charge in [-0.2, -0.15) is 4.98 Å². The van der Waals surface area contributed by atoms with E-state index in [0.717, 1.165) is 17.8 Å². The van der Waals surface area contributed by atoms with Crippen LogP contribution in [0.1, 0.15) is 25.1 Å². The Kier molecular flexibility index (Phi) is 5.44. The molecule has 0 atom stereocenters. The fraction of sp³-hybridized carbons (Fsp3) is 0.400. The monoisotopic (exact) mass is 294 g/mol. The van der Waals surface area contributed by atoms with E-state index in [0.29, 0.717) is 24.1 Å². The highest BCUT2D eigenvalue weighted by Crippen LogP contribution is 2.15. The molecule has 2 rings (SSSR count). The van der Waals surface area contributed by atoms with E-state index in [1.807, 2.05) is 24.3 Å². The number of halogens is 1. The largest absolute Gasteiger partial charge is 0.445 e. The lowest BCUT2D eigenvalue weighted by Crippen LogP contribution is -2.19. The highest BCUT2D eigenvalue weighted by molar-refractivity contribution is 6.30. The zero-order valence-corrected chi connectivity index (χ0v) is 12.5. The standard InChI is InChI=1S/C15H19ClN2O2/c1-11(2)7-17-8-14-10-20-15(18-14)19-9-12-4-3-5-13(16)6-12/h3-6,10-11,17H,7-9H2,1-2H3. The van der Waals surface area contributed by atoms with Gasteiger partial charge in [0.05, 0.1) is 5.69 Å². The summed E-state index contributed by atoms with van der Waals surface area (Å²) in [5.41, 5.74) is 1.82. The first-order chi connectivity index (χ1) is 9.63. The van der Waals surface area contributed by atoms with Crippen LogP contribution in [-0.2, 0) is 13.2 Å². The zero-order valence-electron chi connectivity index (χ0n) is 11.7. The Labute approximate surface area is 124 Å². The number of benzene rings is 1. The molecule has 0 amide bonds. The van der Waals surface area contributed by atoms with Crippen molar-refractivity contribution >= 4 is 11.6 Å². The van der Waals surface area contributed by atoms with Crippen molar-refractivity contribution in [1.29, 1.82) is 0 Å². The van der Waals surface area contributed by atoms with Crippen LogP contribution in [0.2, 0.25) is 5.02 Å². The smallest absolute Gasteiger partial charge is 0.394 e. The van der Waals surface area contributed by atoms with Crippen LogP contribution in [-0.4, -0.2) is 11.5 Å². The van der Waals surface area contributed by atoms with Gasteiger partial charge in [0.25, 0.3) is 0 Å². The average molecular weight is 295 g/mol. The van der Waals surface area contributed by atoms with Crippen LogP contribution in [0.5, 0.6) is 6.08 Å². The molecule has 0 fully saturated rings. The van der Waals surface area contributed by atoms with Gasteiger partial charge in [-0.3, -0.25) is 0 Å². The van der Waals surface area contributed by atoms with Crippen molar-refractivity contribution in [3.05, 3.63) is 46.8 Å². The van der Waals surface area contributed by atoms with Gasteiger partial charge in [-0.25, -0.2) is 0 Å². The van der Waals surface area contributed by atoms with Crippen LogP contribution in [0.4, 0.5) is 0 Å². The molecule has 1 N–H and O–H groups in total. The molecule has 0 radical (unpaired) electrons. The molecule has 2 aromatic rings. The Morgan fingerprint density at radius 1 is 1.40 bits per heavy atom. The molecule has 5 heteroatoms. The number of nitrogens with zero attached hydrogens (tertiary/aromatic N) is 1. The average Bonchev–Trinajstić information content (AvgIpc) is 2.84. The van der Waals surface area contributed by atoms with E-state index < -0.39 is 0 Å². The number of rotatable bonds is 7. The zero-order chi connectivity index (χ0) is 14.4. The Balaban J connectivity index is 1.80. The minimum atomic E-state index is 0.284. The van der Waals surface area contributed by atoms with Crippen molar-refractivity contribution in [3.8, 4) is 6.08 Å². The lowest BCUT2D eigenvalue weighted by molar-refractivity contribution is 0.220. The Bertz CT molecular complexity index is 540. The molecule has 0 saturated heterocycles. The third-order valence-electron chi connectivity index (χ3n) is 2.64. The number of nitrogens with one attached hydrogen (secondary N) is 1. The molecule has 0 aliphatic heterocycles. The summed E-state index contributed by atoms with van der Waals surface area (Å²) in [5, 5.41) is 3.99. The van der Waals surface area contributed by atoms with E-state index >= 15 is 0 Å². The minimum absolute atomic E-state index is 0.284. The van der Waals surface area contributed by atoms with E-state index in [1.165, 1.54) is 0 Å². The van der Waals surface area contributed by atoms with Crippen LogP contribution in [0.15, 0.2) is 34.9 Å².